The summed E-state index contributed by atoms with van der Waals surface area (Å²) in [4.78, 5) is 2.31. The zero-order chi connectivity index (χ0) is 10.2. The van der Waals surface area contributed by atoms with Crippen molar-refractivity contribution in [3.05, 3.63) is 21.7 Å². The highest BCUT2D eigenvalue weighted by Crippen LogP contribution is 2.55. The molecule has 14 heavy (non-hydrogen) atoms. The fourth-order valence-corrected chi connectivity index (χ4v) is 2.07. The predicted molar refractivity (Wildman–Crippen MR) is 64.6 cm³/mol. The van der Waals surface area contributed by atoms with E-state index in [-0.39, 0.29) is 0 Å². The zero-order valence-electron chi connectivity index (χ0n) is 8.51. The maximum atomic E-state index is 5.02. The fraction of sp³-hybridized carbons (Fsp3) is 0.600. The second-order valence-electron chi connectivity index (χ2n) is 4.15. The Kier molecular flexibility index (Phi) is 2.64. The molecule has 0 saturated heterocycles. The standard InChI is InChI=1S/C10H15IN2O/c1-10-3-8(10)5-13(6-10)7-12-4-9(11)14-2/h4-5,12H,3,6-7H2,1-2H3/b9-4-. The second kappa shape index (κ2) is 3.64. The predicted octanol–water partition coefficient (Wildman–Crippen LogP) is 2.02. The Morgan fingerprint density at radius 1 is 1.86 bits per heavy atom. The summed E-state index contributed by atoms with van der Waals surface area (Å²) in [6, 6.07) is 0. The minimum Gasteiger partial charge on any atom is -0.489 e. The summed E-state index contributed by atoms with van der Waals surface area (Å²) in [5.74, 6) is 0. The molecule has 1 heterocycles. The number of hydrogen-bond acceptors (Lipinski definition) is 3. The van der Waals surface area contributed by atoms with Crippen molar-refractivity contribution in [2.45, 2.75) is 13.3 Å². The smallest absolute Gasteiger partial charge is 0.171 e. The molecule has 0 bridgehead atoms. The molecule has 1 unspecified atom stereocenters. The van der Waals surface area contributed by atoms with E-state index in [1.54, 1.807) is 12.7 Å². The number of ether oxygens (including phenoxy) is 1. The van der Waals surface area contributed by atoms with Gasteiger partial charge in [0.1, 0.15) is 0 Å². The van der Waals surface area contributed by atoms with Crippen molar-refractivity contribution in [3.8, 4) is 0 Å². The number of nitrogens with zero attached hydrogens (tertiary/aromatic N) is 1. The maximum absolute atomic E-state index is 5.02. The van der Waals surface area contributed by atoms with E-state index in [2.05, 4.69) is 45.9 Å². The highest BCUT2D eigenvalue weighted by Gasteiger charge is 2.49. The fourth-order valence-electron chi connectivity index (χ4n) is 1.85. The van der Waals surface area contributed by atoms with E-state index in [0.29, 0.717) is 5.41 Å². The van der Waals surface area contributed by atoms with Crippen molar-refractivity contribution in [2.75, 3.05) is 20.3 Å². The summed E-state index contributed by atoms with van der Waals surface area (Å²) in [5, 5.41) is 3.22. The molecule has 1 atom stereocenters. The molecule has 2 rings (SSSR count). The molecular weight excluding hydrogens is 291 g/mol. The Hall–Kier alpha value is -0.390. The van der Waals surface area contributed by atoms with Gasteiger partial charge in [-0.2, -0.15) is 0 Å². The summed E-state index contributed by atoms with van der Waals surface area (Å²) in [6.07, 6.45) is 5.47. The molecule has 78 valence electrons. The second-order valence-corrected chi connectivity index (χ2v) is 5.22. The lowest BCUT2D eigenvalue weighted by atomic mass is 10.1. The summed E-state index contributed by atoms with van der Waals surface area (Å²) in [7, 11) is 1.67. The number of fused-ring (bicyclic) bond motifs is 1. The third-order valence-electron chi connectivity index (χ3n) is 2.83. The number of rotatable bonds is 4. The Balaban J connectivity index is 1.74. The Bertz CT molecular complexity index is 300. The number of halogens is 1. The van der Waals surface area contributed by atoms with Gasteiger partial charge in [0.15, 0.2) is 3.77 Å². The van der Waals surface area contributed by atoms with Gasteiger partial charge >= 0.3 is 0 Å². The zero-order valence-corrected chi connectivity index (χ0v) is 10.7. The monoisotopic (exact) mass is 306 g/mol. The number of methoxy groups -OCH3 is 1. The van der Waals surface area contributed by atoms with Crippen LogP contribution in [0.2, 0.25) is 0 Å². The minimum atomic E-state index is 0.514. The van der Waals surface area contributed by atoms with E-state index in [1.807, 2.05) is 6.20 Å². The highest BCUT2D eigenvalue weighted by atomic mass is 127. The molecule has 0 radical (unpaired) electrons. The molecule has 0 aromatic heterocycles. The first-order chi connectivity index (χ1) is 6.64. The molecular formula is C10H15IN2O. The number of hydrogen-bond donors (Lipinski definition) is 1. The van der Waals surface area contributed by atoms with Gasteiger partial charge in [0.05, 0.1) is 13.8 Å². The van der Waals surface area contributed by atoms with Crippen LogP contribution in [0.1, 0.15) is 13.3 Å². The van der Waals surface area contributed by atoms with Crippen molar-refractivity contribution in [3.63, 3.8) is 0 Å². The van der Waals surface area contributed by atoms with Gasteiger partial charge in [-0.1, -0.05) is 6.92 Å². The molecule has 1 fully saturated rings. The van der Waals surface area contributed by atoms with E-state index in [4.69, 9.17) is 4.74 Å². The summed E-state index contributed by atoms with van der Waals surface area (Å²) < 4.78 is 5.90. The molecule has 0 amide bonds. The Morgan fingerprint density at radius 3 is 3.21 bits per heavy atom. The maximum Gasteiger partial charge on any atom is 0.171 e. The molecule has 0 aromatic rings. The van der Waals surface area contributed by atoms with Gasteiger partial charge in [-0.05, 0) is 12.0 Å². The van der Waals surface area contributed by atoms with Crippen LogP contribution in [0.15, 0.2) is 21.7 Å². The van der Waals surface area contributed by atoms with Gasteiger partial charge in [0.2, 0.25) is 0 Å². The molecule has 1 aliphatic heterocycles. The lowest BCUT2D eigenvalue weighted by Gasteiger charge is -2.19. The average Bonchev–Trinajstić information content (AvgIpc) is 2.65. The Morgan fingerprint density at radius 2 is 2.64 bits per heavy atom. The van der Waals surface area contributed by atoms with Crippen LogP contribution in [0, 0.1) is 5.41 Å². The first-order valence-electron chi connectivity index (χ1n) is 4.72. The quantitative estimate of drug-likeness (QED) is 0.635. The van der Waals surface area contributed by atoms with E-state index in [0.717, 1.165) is 17.0 Å². The van der Waals surface area contributed by atoms with Crippen LogP contribution in [0.25, 0.3) is 0 Å². The molecule has 3 nitrogen and oxygen atoms in total. The first kappa shape index (κ1) is 10.1. The highest BCUT2D eigenvalue weighted by molar-refractivity contribution is 14.1. The normalized spacial score (nSPS) is 29.8. The van der Waals surface area contributed by atoms with Crippen LogP contribution in [-0.4, -0.2) is 25.2 Å². The van der Waals surface area contributed by atoms with Crippen LogP contribution in [0.3, 0.4) is 0 Å². The molecule has 4 heteroatoms. The van der Waals surface area contributed by atoms with Crippen molar-refractivity contribution in [1.29, 1.82) is 0 Å². The van der Waals surface area contributed by atoms with Crippen LogP contribution in [-0.2, 0) is 4.74 Å². The van der Waals surface area contributed by atoms with Crippen molar-refractivity contribution < 1.29 is 4.74 Å². The van der Waals surface area contributed by atoms with E-state index in [1.165, 1.54) is 6.42 Å². The summed E-state index contributed by atoms with van der Waals surface area (Å²) >= 11 is 2.15. The first-order valence-corrected chi connectivity index (χ1v) is 5.80. The van der Waals surface area contributed by atoms with Crippen LogP contribution < -0.4 is 5.32 Å². The van der Waals surface area contributed by atoms with Crippen molar-refractivity contribution >= 4 is 22.6 Å². The lowest BCUT2D eigenvalue weighted by Crippen LogP contribution is -2.29. The van der Waals surface area contributed by atoms with Gasteiger partial charge in [-0.15, -0.1) is 0 Å². The third-order valence-corrected chi connectivity index (χ3v) is 3.58. The summed E-state index contributed by atoms with van der Waals surface area (Å²) in [6.45, 7) is 4.36. The molecule has 0 spiro atoms. The molecule has 1 N–H and O–H groups in total. The van der Waals surface area contributed by atoms with Crippen LogP contribution >= 0.6 is 22.6 Å². The Labute approximate surface area is 98.3 Å². The lowest BCUT2D eigenvalue weighted by molar-refractivity contribution is 0.313. The molecule has 1 aliphatic carbocycles. The van der Waals surface area contributed by atoms with Crippen molar-refractivity contribution in [2.24, 2.45) is 5.41 Å². The number of nitrogens with one attached hydrogen (secondary N) is 1. The average molecular weight is 306 g/mol. The SMILES string of the molecule is CO/C(I)=C\NCN1C=C2CC2(C)C1. The summed E-state index contributed by atoms with van der Waals surface area (Å²) in [5.41, 5.74) is 2.12. The molecule has 2 aliphatic rings. The van der Waals surface area contributed by atoms with E-state index >= 15 is 0 Å². The topological polar surface area (TPSA) is 24.5 Å². The van der Waals surface area contributed by atoms with Gasteiger partial charge in [-0.3, -0.25) is 0 Å². The van der Waals surface area contributed by atoms with E-state index in [9.17, 15) is 0 Å². The van der Waals surface area contributed by atoms with E-state index < -0.39 is 0 Å². The van der Waals surface area contributed by atoms with Crippen LogP contribution in [0.5, 0.6) is 0 Å². The van der Waals surface area contributed by atoms with Crippen LogP contribution in [0.4, 0.5) is 0 Å². The van der Waals surface area contributed by atoms with Crippen molar-refractivity contribution in [1.82, 2.24) is 10.2 Å². The minimum absolute atomic E-state index is 0.514. The van der Waals surface area contributed by atoms with Gasteiger partial charge in [-0.25, -0.2) is 0 Å². The van der Waals surface area contributed by atoms with Gasteiger partial charge in [0, 0.05) is 47.0 Å². The molecule has 1 saturated carbocycles. The third kappa shape index (κ3) is 1.99. The molecule has 0 aromatic carbocycles. The van der Waals surface area contributed by atoms with Gasteiger partial charge in [0.25, 0.3) is 0 Å². The van der Waals surface area contributed by atoms with Gasteiger partial charge < -0.3 is 15.0 Å². The largest absolute Gasteiger partial charge is 0.489 e.